The van der Waals surface area contributed by atoms with Crippen LogP contribution in [-0.2, 0) is 6.42 Å². The lowest BCUT2D eigenvalue weighted by Crippen LogP contribution is -2.10. The Morgan fingerprint density at radius 3 is 2.32 bits per heavy atom. The minimum absolute atomic E-state index is 0.00532. The van der Waals surface area contributed by atoms with Crippen LogP contribution in [0, 0.1) is 25.5 Å². The van der Waals surface area contributed by atoms with Crippen LogP contribution < -0.4 is 0 Å². The van der Waals surface area contributed by atoms with E-state index < -0.39 is 23.0 Å². The van der Waals surface area contributed by atoms with Gasteiger partial charge in [0, 0.05) is 6.42 Å². The van der Waals surface area contributed by atoms with Crippen LogP contribution >= 0.6 is 0 Å². The van der Waals surface area contributed by atoms with Crippen molar-refractivity contribution in [3.63, 3.8) is 0 Å². The van der Waals surface area contributed by atoms with Crippen molar-refractivity contribution < 1.29 is 13.6 Å². The lowest BCUT2D eigenvalue weighted by molar-refractivity contribution is 0.0984. The number of Topliss-reactive ketones (excluding diaryl/α,β-unsaturated/α-hetero) is 1. The maximum atomic E-state index is 13.5. The molecule has 19 heavy (non-hydrogen) atoms. The Balaban J connectivity index is 2.34. The van der Waals surface area contributed by atoms with Crippen molar-refractivity contribution in [2.75, 3.05) is 0 Å². The van der Waals surface area contributed by atoms with Crippen molar-refractivity contribution in [1.29, 1.82) is 0 Å². The summed E-state index contributed by atoms with van der Waals surface area (Å²) in [7, 11) is 0. The van der Waals surface area contributed by atoms with E-state index in [1.54, 1.807) is 0 Å². The molecule has 2 aromatic rings. The zero-order valence-corrected chi connectivity index (χ0v) is 10.8. The van der Waals surface area contributed by atoms with E-state index >= 15 is 0 Å². The van der Waals surface area contributed by atoms with E-state index in [2.05, 4.69) is 0 Å². The highest BCUT2D eigenvalue weighted by atomic mass is 19.1. The Labute approximate surface area is 110 Å². The molecule has 98 valence electrons. The van der Waals surface area contributed by atoms with E-state index in [1.807, 2.05) is 32.0 Å². The molecule has 0 aliphatic rings. The second-order valence-corrected chi connectivity index (χ2v) is 4.63. The van der Waals surface area contributed by atoms with Crippen LogP contribution in [0.4, 0.5) is 8.78 Å². The van der Waals surface area contributed by atoms with Crippen LogP contribution in [0.5, 0.6) is 0 Å². The molecular formula is C16H14F2O. The molecule has 2 aromatic carbocycles. The van der Waals surface area contributed by atoms with Gasteiger partial charge >= 0.3 is 0 Å². The fraction of sp³-hybridized carbons (Fsp3) is 0.188. The fourth-order valence-electron chi connectivity index (χ4n) is 2.02. The highest BCUT2D eigenvalue weighted by molar-refractivity contribution is 5.98. The van der Waals surface area contributed by atoms with Crippen LogP contribution in [0.25, 0.3) is 0 Å². The molecule has 3 heteroatoms. The number of hydrogen-bond acceptors (Lipinski definition) is 1. The highest BCUT2D eigenvalue weighted by Crippen LogP contribution is 2.18. The molecule has 0 fully saturated rings. The summed E-state index contributed by atoms with van der Waals surface area (Å²) in [6.07, 6.45) is 0.00532. The van der Waals surface area contributed by atoms with Gasteiger partial charge in [0.2, 0.25) is 0 Å². The molecule has 0 bridgehead atoms. The molecule has 0 spiro atoms. The molecule has 0 radical (unpaired) electrons. The van der Waals surface area contributed by atoms with Gasteiger partial charge in [-0.2, -0.15) is 0 Å². The largest absolute Gasteiger partial charge is 0.294 e. The third-order valence-electron chi connectivity index (χ3n) is 3.10. The Morgan fingerprint density at radius 2 is 1.68 bits per heavy atom. The van der Waals surface area contributed by atoms with E-state index in [1.165, 1.54) is 6.07 Å². The SMILES string of the molecule is Cc1ccc(C)c(CC(=O)c2c(F)cccc2F)c1. The fourth-order valence-corrected chi connectivity index (χ4v) is 2.02. The Kier molecular flexibility index (Phi) is 3.74. The minimum Gasteiger partial charge on any atom is -0.294 e. The monoisotopic (exact) mass is 260 g/mol. The zero-order valence-electron chi connectivity index (χ0n) is 10.8. The summed E-state index contributed by atoms with van der Waals surface area (Å²) in [6.45, 7) is 3.79. The lowest BCUT2D eigenvalue weighted by Gasteiger charge is -2.08. The molecule has 0 aliphatic heterocycles. The van der Waals surface area contributed by atoms with Gasteiger partial charge in [0.1, 0.15) is 11.6 Å². The number of halogens is 2. The molecule has 0 amide bonds. The molecule has 0 aromatic heterocycles. The Hall–Kier alpha value is -2.03. The van der Waals surface area contributed by atoms with Gasteiger partial charge in [0.05, 0.1) is 5.56 Å². The molecule has 0 unspecified atom stereocenters. The van der Waals surface area contributed by atoms with E-state index in [4.69, 9.17) is 0 Å². The minimum atomic E-state index is -0.810. The van der Waals surface area contributed by atoms with Crippen molar-refractivity contribution in [1.82, 2.24) is 0 Å². The summed E-state index contributed by atoms with van der Waals surface area (Å²) in [5.41, 5.74) is 2.30. The van der Waals surface area contributed by atoms with Crippen LogP contribution in [0.2, 0.25) is 0 Å². The van der Waals surface area contributed by atoms with Crippen LogP contribution in [0.1, 0.15) is 27.0 Å². The Bertz CT molecular complexity index is 612. The predicted octanol–water partition coefficient (Wildman–Crippen LogP) is 4.01. The number of aryl methyl sites for hydroxylation is 2. The van der Waals surface area contributed by atoms with Gasteiger partial charge in [0.25, 0.3) is 0 Å². The zero-order chi connectivity index (χ0) is 14.0. The van der Waals surface area contributed by atoms with Crippen molar-refractivity contribution in [2.24, 2.45) is 0 Å². The first kappa shape index (κ1) is 13.4. The first-order valence-corrected chi connectivity index (χ1v) is 6.02. The lowest BCUT2D eigenvalue weighted by atomic mass is 9.97. The smallest absolute Gasteiger partial charge is 0.173 e. The summed E-state index contributed by atoms with van der Waals surface area (Å²) in [6, 6.07) is 9.15. The van der Waals surface area contributed by atoms with Gasteiger partial charge in [-0.05, 0) is 37.1 Å². The molecule has 0 saturated heterocycles. The number of benzene rings is 2. The van der Waals surface area contributed by atoms with Crippen LogP contribution in [-0.4, -0.2) is 5.78 Å². The third kappa shape index (κ3) is 2.87. The van der Waals surface area contributed by atoms with E-state index in [0.29, 0.717) is 0 Å². The summed E-state index contributed by atoms with van der Waals surface area (Å²) in [5, 5.41) is 0. The molecule has 0 atom stereocenters. The summed E-state index contributed by atoms with van der Waals surface area (Å²) in [5.74, 6) is -2.16. The van der Waals surface area contributed by atoms with Crippen molar-refractivity contribution in [2.45, 2.75) is 20.3 Å². The topological polar surface area (TPSA) is 17.1 Å². The van der Waals surface area contributed by atoms with Gasteiger partial charge in [0.15, 0.2) is 5.78 Å². The quantitative estimate of drug-likeness (QED) is 0.762. The first-order chi connectivity index (χ1) is 8.99. The maximum absolute atomic E-state index is 13.5. The molecule has 1 nitrogen and oxygen atoms in total. The average Bonchev–Trinajstić information content (AvgIpc) is 2.33. The van der Waals surface area contributed by atoms with Gasteiger partial charge in [-0.3, -0.25) is 4.79 Å². The van der Waals surface area contributed by atoms with Gasteiger partial charge in [-0.1, -0.05) is 29.8 Å². The number of carbonyl (C=O) groups excluding carboxylic acids is 1. The highest BCUT2D eigenvalue weighted by Gasteiger charge is 2.17. The summed E-state index contributed by atoms with van der Waals surface area (Å²) >= 11 is 0. The first-order valence-electron chi connectivity index (χ1n) is 6.02. The van der Waals surface area contributed by atoms with Crippen molar-refractivity contribution in [3.05, 3.63) is 70.3 Å². The standard InChI is InChI=1S/C16H14F2O/c1-10-6-7-11(2)12(8-10)9-15(19)16-13(17)4-3-5-14(16)18/h3-8H,9H2,1-2H3. The second-order valence-electron chi connectivity index (χ2n) is 4.63. The number of hydrogen-bond donors (Lipinski definition) is 0. The van der Waals surface area contributed by atoms with E-state index in [-0.39, 0.29) is 6.42 Å². The Morgan fingerprint density at radius 1 is 1.05 bits per heavy atom. The number of carbonyl (C=O) groups is 1. The third-order valence-corrected chi connectivity index (χ3v) is 3.10. The number of ketones is 1. The molecule has 0 N–H and O–H groups in total. The second kappa shape index (κ2) is 5.31. The van der Waals surface area contributed by atoms with Crippen molar-refractivity contribution in [3.8, 4) is 0 Å². The van der Waals surface area contributed by atoms with Crippen LogP contribution in [0.3, 0.4) is 0 Å². The van der Waals surface area contributed by atoms with E-state index in [0.717, 1.165) is 28.8 Å². The molecule has 0 saturated carbocycles. The van der Waals surface area contributed by atoms with Crippen molar-refractivity contribution >= 4 is 5.78 Å². The average molecular weight is 260 g/mol. The molecule has 2 rings (SSSR count). The summed E-state index contributed by atoms with van der Waals surface area (Å²) < 4.78 is 27.0. The molecular weight excluding hydrogens is 246 g/mol. The van der Waals surface area contributed by atoms with Gasteiger partial charge in [-0.25, -0.2) is 8.78 Å². The maximum Gasteiger partial charge on any atom is 0.173 e. The normalized spacial score (nSPS) is 10.5. The van der Waals surface area contributed by atoms with Gasteiger partial charge < -0.3 is 0 Å². The molecule has 0 heterocycles. The predicted molar refractivity (Wildman–Crippen MR) is 70.3 cm³/mol. The van der Waals surface area contributed by atoms with E-state index in [9.17, 15) is 13.6 Å². The van der Waals surface area contributed by atoms with Gasteiger partial charge in [-0.15, -0.1) is 0 Å². The number of rotatable bonds is 3. The molecule has 0 aliphatic carbocycles. The summed E-state index contributed by atoms with van der Waals surface area (Å²) in [4.78, 5) is 12.0. The van der Waals surface area contributed by atoms with Crippen LogP contribution in [0.15, 0.2) is 36.4 Å².